The summed E-state index contributed by atoms with van der Waals surface area (Å²) in [5.74, 6) is 1.90. The van der Waals surface area contributed by atoms with Gasteiger partial charge in [-0.1, -0.05) is 6.07 Å². The average Bonchev–Trinajstić information content (AvgIpc) is 2.66. The van der Waals surface area contributed by atoms with E-state index < -0.39 is 0 Å². The molecule has 1 N–H and O–H groups in total. The van der Waals surface area contributed by atoms with Crippen molar-refractivity contribution in [3.63, 3.8) is 0 Å². The van der Waals surface area contributed by atoms with Crippen LogP contribution in [0.4, 0.5) is 5.69 Å². The molecule has 5 nitrogen and oxygen atoms in total. The van der Waals surface area contributed by atoms with Gasteiger partial charge in [0.05, 0.1) is 0 Å². The van der Waals surface area contributed by atoms with E-state index in [0.717, 1.165) is 18.6 Å². The van der Waals surface area contributed by atoms with Crippen LogP contribution in [0.1, 0.15) is 24.0 Å². The smallest absolute Gasteiger partial charge is 0.262 e. The van der Waals surface area contributed by atoms with Gasteiger partial charge in [-0.05, 0) is 61.1 Å². The highest BCUT2D eigenvalue weighted by Crippen LogP contribution is 2.32. The van der Waals surface area contributed by atoms with Crippen molar-refractivity contribution in [2.45, 2.75) is 25.7 Å². The number of ether oxygens (including phenoxy) is 3. The molecule has 25 heavy (non-hydrogen) atoms. The van der Waals surface area contributed by atoms with Crippen LogP contribution in [-0.2, 0) is 17.6 Å². The summed E-state index contributed by atoms with van der Waals surface area (Å²) >= 11 is 0. The minimum atomic E-state index is -0.200. The molecule has 0 bridgehead atoms. The van der Waals surface area contributed by atoms with E-state index in [1.54, 1.807) is 18.2 Å². The SMILES string of the molecule is O=C(COc1ccc2c(c1)CCCC2)Nc1ccc2c(c1)OCCO2. The number of rotatable bonds is 4. The van der Waals surface area contributed by atoms with Gasteiger partial charge < -0.3 is 19.5 Å². The molecule has 2 aliphatic rings. The second-order valence-electron chi connectivity index (χ2n) is 6.33. The number of carbonyl (C=O) groups excluding carboxylic acids is 1. The van der Waals surface area contributed by atoms with Gasteiger partial charge in [0.25, 0.3) is 5.91 Å². The van der Waals surface area contributed by atoms with E-state index in [1.807, 2.05) is 6.07 Å². The van der Waals surface area contributed by atoms with Gasteiger partial charge in [-0.3, -0.25) is 4.79 Å². The Kier molecular flexibility index (Phi) is 4.46. The predicted molar refractivity (Wildman–Crippen MR) is 94.6 cm³/mol. The number of hydrogen-bond acceptors (Lipinski definition) is 4. The van der Waals surface area contributed by atoms with Gasteiger partial charge >= 0.3 is 0 Å². The van der Waals surface area contributed by atoms with Crippen LogP contribution in [-0.4, -0.2) is 25.7 Å². The lowest BCUT2D eigenvalue weighted by atomic mass is 9.92. The maximum atomic E-state index is 12.1. The van der Waals surface area contributed by atoms with Crippen molar-refractivity contribution in [2.24, 2.45) is 0 Å². The minimum Gasteiger partial charge on any atom is -0.486 e. The van der Waals surface area contributed by atoms with Gasteiger partial charge in [0.1, 0.15) is 19.0 Å². The third-order valence-corrected chi connectivity index (χ3v) is 4.52. The molecule has 0 saturated heterocycles. The zero-order valence-electron chi connectivity index (χ0n) is 14.0. The molecule has 1 aliphatic carbocycles. The molecule has 0 saturated carbocycles. The normalized spacial score (nSPS) is 15.2. The molecule has 0 radical (unpaired) electrons. The van der Waals surface area contributed by atoms with Gasteiger partial charge in [0.15, 0.2) is 18.1 Å². The van der Waals surface area contributed by atoms with Gasteiger partial charge in [-0.2, -0.15) is 0 Å². The Morgan fingerprint density at radius 3 is 2.64 bits per heavy atom. The van der Waals surface area contributed by atoms with Crippen molar-refractivity contribution in [1.82, 2.24) is 0 Å². The fourth-order valence-electron chi connectivity index (χ4n) is 3.27. The lowest BCUT2D eigenvalue weighted by Crippen LogP contribution is -2.21. The van der Waals surface area contributed by atoms with Crippen molar-refractivity contribution >= 4 is 11.6 Å². The number of aryl methyl sites for hydroxylation is 2. The second-order valence-corrected chi connectivity index (χ2v) is 6.33. The summed E-state index contributed by atoms with van der Waals surface area (Å²) in [7, 11) is 0. The van der Waals surface area contributed by atoms with Gasteiger partial charge in [-0.25, -0.2) is 0 Å². The van der Waals surface area contributed by atoms with Crippen molar-refractivity contribution in [2.75, 3.05) is 25.1 Å². The maximum absolute atomic E-state index is 12.1. The largest absolute Gasteiger partial charge is 0.486 e. The Balaban J connectivity index is 1.35. The molecule has 1 heterocycles. The molecule has 2 aromatic rings. The number of anilines is 1. The van der Waals surface area contributed by atoms with Crippen LogP contribution >= 0.6 is 0 Å². The highest BCUT2D eigenvalue weighted by Gasteiger charge is 2.14. The number of carbonyl (C=O) groups is 1. The topological polar surface area (TPSA) is 56.8 Å². The van der Waals surface area contributed by atoms with Crippen LogP contribution in [0, 0.1) is 0 Å². The molecule has 4 rings (SSSR count). The van der Waals surface area contributed by atoms with Crippen molar-refractivity contribution < 1.29 is 19.0 Å². The fraction of sp³-hybridized carbons (Fsp3) is 0.350. The first-order chi connectivity index (χ1) is 12.3. The standard InChI is InChI=1S/C20H21NO4/c22-20(21-16-6-8-18-19(12-16)24-10-9-23-18)13-25-17-7-5-14-3-1-2-4-15(14)11-17/h5-8,11-12H,1-4,9-10,13H2,(H,21,22). The number of fused-ring (bicyclic) bond motifs is 2. The van der Waals surface area contributed by atoms with Gasteiger partial charge in [0.2, 0.25) is 0 Å². The van der Waals surface area contributed by atoms with Crippen LogP contribution < -0.4 is 19.5 Å². The summed E-state index contributed by atoms with van der Waals surface area (Å²) in [6.45, 7) is 1.05. The van der Waals surface area contributed by atoms with E-state index in [4.69, 9.17) is 14.2 Å². The quantitative estimate of drug-likeness (QED) is 0.928. The molecule has 0 atom stereocenters. The molecular weight excluding hydrogens is 318 g/mol. The van der Waals surface area contributed by atoms with E-state index in [9.17, 15) is 4.79 Å². The second kappa shape index (κ2) is 7.05. The van der Waals surface area contributed by atoms with Gasteiger partial charge in [0, 0.05) is 11.8 Å². The molecule has 0 spiro atoms. The summed E-state index contributed by atoms with van der Waals surface area (Å²) in [5.41, 5.74) is 3.42. The summed E-state index contributed by atoms with van der Waals surface area (Å²) in [6, 6.07) is 11.5. The molecule has 0 fully saturated rings. The number of nitrogens with one attached hydrogen (secondary N) is 1. The highest BCUT2D eigenvalue weighted by molar-refractivity contribution is 5.92. The van der Waals surface area contributed by atoms with Crippen LogP contribution in [0.5, 0.6) is 17.2 Å². The van der Waals surface area contributed by atoms with E-state index in [0.29, 0.717) is 30.4 Å². The summed E-state index contributed by atoms with van der Waals surface area (Å²) < 4.78 is 16.6. The summed E-state index contributed by atoms with van der Waals surface area (Å²) in [4.78, 5) is 12.1. The van der Waals surface area contributed by atoms with Gasteiger partial charge in [-0.15, -0.1) is 0 Å². The predicted octanol–water partition coefficient (Wildman–Crippen LogP) is 3.35. The Morgan fingerprint density at radius 2 is 1.76 bits per heavy atom. The minimum absolute atomic E-state index is 0.0206. The van der Waals surface area contributed by atoms with E-state index in [-0.39, 0.29) is 12.5 Å². The molecule has 1 amide bonds. The zero-order chi connectivity index (χ0) is 17.1. The molecule has 0 unspecified atom stereocenters. The molecular formula is C20H21NO4. The molecule has 0 aromatic heterocycles. The lowest BCUT2D eigenvalue weighted by Gasteiger charge is -2.19. The zero-order valence-corrected chi connectivity index (χ0v) is 14.0. The molecule has 5 heteroatoms. The lowest BCUT2D eigenvalue weighted by molar-refractivity contribution is -0.118. The van der Waals surface area contributed by atoms with E-state index >= 15 is 0 Å². The summed E-state index contributed by atoms with van der Waals surface area (Å²) in [5, 5.41) is 2.83. The van der Waals surface area contributed by atoms with Crippen molar-refractivity contribution in [1.29, 1.82) is 0 Å². The first-order valence-electron chi connectivity index (χ1n) is 8.72. The van der Waals surface area contributed by atoms with Crippen molar-refractivity contribution in [3.8, 4) is 17.2 Å². The maximum Gasteiger partial charge on any atom is 0.262 e. The van der Waals surface area contributed by atoms with Crippen LogP contribution in [0.25, 0.3) is 0 Å². The van der Waals surface area contributed by atoms with Crippen LogP contribution in [0.15, 0.2) is 36.4 Å². The molecule has 130 valence electrons. The molecule has 1 aliphatic heterocycles. The Morgan fingerprint density at radius 1 is 0.960 bits per heavy atom. The third kappa shape index (κ3) is 3.71. The van der Waals surface area contributed by atoms with Crippen LogP contribution in [0.2, 0.25) is 0 Å². The number of amides is 1. The van der Waals surface area contributed by atoms with Crippen molar-refractivity contribution in [3.05, 3.63) is 47.5 Å². The monoisotopic (exact) mass is 339 g/mol. The highest BCUT2D eigenvalue weighted by atomic mass is 16.6. The Labute approximate surface area is 146 Å². The summed E-state index contributed by atoms with van der Waals surface area (Å²) in [6.07, 6.45) is 4.71. The van der Waals surface area contributed by atoms with E-state index in [1.165, 1.54) is 24.0 Å². The van der Waals surface area contributed by atoms with E-state index in [2.05, 4.69) is 17.4 Å². The fourth-order valence-corrected chi connectivity index (χ4v) is 3.27. The number of hydrogen-bond donors (Lipinski definition) is 1. The average molecular weight is 339 g/mol. The first kappa shape index (κ1) is 15.8. The first-order valence-corrected chi connectivity index (χ1v) is 8.72. The molecule has 2 aromatic carbocycles. The number of benzene rings is 2. The third-order valence-electron chi connectivity index (χ3n) is 4.52. The Bertz CT molecular complexity index is 787. The van der Waals surface area contributed by atoms with Crippen LogP contribution in [0.3, 0.4) is 0 Å². The Hall–Kier alpha value is -2.69.